The molecule has 0 unspecified atom stereocenters. The first-order chi connectivity index (χ1) is 10.8. The van der Waals surface area contributed by atoms with Gasteiger partial charge in [-0.05, 0) is 49.7 Å². The van der Waals surface area contributed by atoms with E-state index in [1.807, 2.05) is 12.1 Å². The van der Waals surface area contributed by atoms with Crippen molar-refractivity contribution in [2.75, 3.05) is 26.2 Å². The number of nitrogens with zero attached hydrogens (tertiary/aromatic N) is 2. The molecule has 1 aromatic rings. The van der Waals surface area contributed by atoms with Gasteiger partial charge in [0.1, 0.15) is 18.1 Å². The predicted octanol–water partition coefficient (Wildman–Crippen LogP) is 2.47. The van der Waals surface area contributed by atoms with Gasteiger partial charge in [0.25, 0.3) is 0 Å². The van der Waals surface area contributed by atoms with Gasteiger partial charge in [-0.15, -0.1) is 0 Å². The molecule has 4 nitrogen and oxygen atoms in total. The van der Waals surface area contributed by atoms with E-state index >= 15 is 0 Å². The Hall–Kier alpha value is -0.840. The van der Waals surface area contributed by atoms with Crippen LogP contribution in [0.1, 0.15) is 43.6 Å². The van der Waals surface area contributed by atoms with Gasteiger partial charge in [0.15, 0.2) is 0 Å². The van der Waals surface area contributed by atoms with E-state index in [-0.39, 0.29) is 6.61 Å². The van der Waals surface area contributed by atoms with Crippen LogP contribution in [0, 0.1) is 11.8 Å². The lowest BCUT2D eigenvalue weighted by atomic mass is 9.83. The molecule has 1 saturated carbocycles. The van der Waals surface area contributed by atoms with Crippen LogP contribution in [0.3, 0.4) is 0 Å². The molecule has 2 bridgehead atoms. The van der Waals surface area contributed by atoms with Gasteiger partial charge in [-0.1, -0.05) is 6.42 Å². The van der Waals surface area contributed by atoms with E-state index in [0.717, 1.165) is 30.2 Å². The summed E-state index contributed by atoms with van der Waals surface area (Å²) in [5.74, 6) is 3.48. The van der Waals surface area contributed by atoms with Crippen LogP contribution in [-0.2, 0) is 13.2 Å². The van der Waals surface area contributed by atoms with Crippen molar-refractivity contribution < 1.29 is 9.52 Å². The second-order valence-electron chi connectivity index (χ2n) is 7.57. The fourth-order valence-corrected chi connectivity index (χ4v) is 4.45. The highest BCUT2D eigenvalue weighted by atomic mass is 16.4. The summed E-state index contributed by atoms with van der Waals surface area (Å²) in [4.78, 5) is 5.36. The Bertz CT molecular complexity index is 497. The standard InChI is InChI=1S/C18H28N2O2/c21-13-18-7-6-17(22-18)12-19-8-15-4-5-16(11-19)20(10-15)9-14-2-1-3-14/h6-7,14-16,21H,1-5,8-13H2/t15-,16+/m1/s1. The second-order valence-corrected chi connectivity index (χ2v) is 7.57. The first-order valence-corrected chi connectivity index (χ1v) is 8.95. The van der Waals surface area contributed by atoms with E-state index in [1.165, 1.54) is 58.3 Å². The Kier molecular flexibility index (Phi) is 4.25. The van der Waals surface area contributed by atoms with E-state index in [9.17, 15) is 0 Å². The van der Waals surface area contributed by atoms with Gasteiger partial charge >= 0.3 is 0 Å². The van der Waals surface area contributed by atoms with Gasteiger partial charge in [0.2, 0.25) is 0 Å². The van der Waals surface area contributed by atoms with Crippen molar-refractivity contribution in [2.45, 2.75) is 51.3 Å². The van der Waals surface area contributed by atoms with Crippen LogP contribution in [0.15, 0.2) is 16.5 Å². The summed E-state index contributed by atoms with van der Waals surface area (Å²) >= 11 is 0. The van der Waals surface area contributed by atoms with E-state index < -0.39 is 0 Å². The number of hydrogen-bond donors (Lipinski definition) is 1. The lowest BCUT2D eigenvalue weighted by Crippen LogP contribution is -2.46. The van der Waals surface area contributed by atoms with Crippen molar-refractivity contribution in [3.05, 3.63) is 23.7 Å². The quantitative estimate of drug-likeness (QED) is 0.907. The van der Waals surface area contributed by atoms with Crippen molar-refractivity contribution in [1.29, 1.82) is 0 Å². The molecule has 0 aromatic carbocycles. The molecule has 4 fully saturated rings. The molecule has 1 aliphatic carbocycles. The molecule has 5 rings (SSSR count). The third-order valence-corrected chi connectivity index (χ3v) is 5.87. The lowest BCUT2D eigenvalue weighted by Gasteiger charge is -2.40. The molecular weight excluding hydrogens is 276 g/mol. The van der Waals surface area contributed by atoms with Gasteiger partial charge in [0, 0.05) is 32.2 Å². The molecule has 0 spiro atoms. The van der Waals surface area contributed by atoms with E-state index in [1.54, 1.807) is 0 Å². The van der Waals surface area contributed by atoms with Gasteiger partial charge in [-0.25, -0.2) is 0 Å². The SMILES string of the molecule is OCc1ccc(CN2C[C@H]3CC[C@@H](C2)N(CC2CCC2)C3)o1. The summed E-state index contributed by atoms with van der Waals surface area (Å²) in [6.45, 7) is 5.91. The molecule has 1 aromatic heterocycles. The largest absolute Gasteiger partial charge is 0.462 e. The van der Waals surface area contributed by atoms with Crippen LogP contribution in [0.2, 0.25) is 0 Å². The summed E-state index contributed by atoms with van der Waals surface area (Å²) < 4.78 is 5.68. The maximum absolute atomic E-state index is 9.13. The fraction of sp³-hybridized carbons (Fsp3) is 0.778. The lowest BCUT2D eigenvalue weighted by molar-refractivity contribution is 0.0888. The highest BCUT2D eigenvalue weighted by molar-refractivity contribution is 5.06. The molecule has 2 atom stereocenters. The molecular formula is C18H28N2O2. The van der Waals surface area contributed by atoms with Crippen LogP contribution in [-0.4, -0.2) is 47.1 Å². The fourth-order valence-electron chi connectivity index (χ4n) is 4.45. The molecule has 4 heteroatoms. The summed E-state index contributed by atoms with van der Waals surface area (Å²) in [5, 5.41) is 9.13. The zero-order chi connectivity index (χ0) is 14.9. The van der Waals surface area contributed by atoms with Gasteiger partial charge in [-0.2, -0.15) is 0 Å². The maximum atomic E-state index is 9.13. The average Bonchev–Trinajstić information content (AvgIpc) is 2.75. The third-order valence-electron chi connectivity index (χ3n) is 5.87. The highest BCUT2D eigenvalue weighted by Gasteiger charge is 2.36. The van der Waals surface area contributed by atoms with Crippen LogP contribution in [0.5, 0.6) is 0 Å². The first kappa shape index (κ1) is 14.7. The van der Waals surface area contributed by atoms with E-state index in [0.29, 0.717) is 5.76 Å². The molecule has 0 radical (unpaired) electrons. The highest BCUT2D eigenvalue weighted by Crippen LogP contribution is 2.33. The maximum Gasteiger partial charge on any atom is 0.129 e. The summed E-state index contributed by atoms with van der Waals surface area (Å²) in [6, 6.07) is 4.65. The third kappa shape index (κ3) is 3.10. The van der Waals surface area contributed by atoms with Crippen molar-refractivity contribution in [2.24, 2.45) is 11.8 Å². The Morgan fingerprint density at radius 3 is 2.64 bits per heavy atom. The van der Waals surface area contributed by atoms with Gasteiger partial charge in [0.05, 0.1) is 6.54 Å². The number of furan rings is 1. The summed E-state index contributed by atoms with van der Waals surface area (Å²) in [6.07, 6.45) is 7.11. The molecule has 3 aliphatic heterocycles. The second kappa shape index (κ2) is 6.34. The zero-order valence-electron chi connectivity index (χ0n) is 13.4. The van der Waals surface area contributed by atoms with Crippen molar-refractivity contribution in [3.8, 4) is 0 Å². The normalized spacial score (nSPS) is 30.4. The molecule has 122 valence electrons. The molecule has 4 aliphatic rings. The van der Waals surface area contributed by atoms with Crippen molar-refractivity contribution in [1.82, 2.24) is 9.80 Å². The molecule has 22 heavy (non-hydrogen) atoms. The molecule has 1 N–H and O–H groups in total. The number of aliphatic hydroxyl groups excluding tert-OH is 1. The van der Waals surface area contributed by atoms with Crippen molar-refractivity contribution in [3.63, 3.8) is 0 Å². The van der Waals surface area contributed by atoms with Crippen LogP contribution >= 0.6 is 0 Å². The Balaban J connectivity index is 1.38. The van der Waals surface area contributed by atoms with Crippen molar-refractivity contribution >= 4 is 0 Å². The monoisotopic (exact) mass is 304 g/mol. The predicted molar refractivity (Wildman–Crippen MR) is 85.3 cm³/mol. The minimum absolute atomic E-state index is 0.000413. The van der Waals surface area contributed by atoms with E-state index in [2.05, 4.69) is 9.80 Å². The Labute approximate surface area is 133 Å². The van der Waals surface area contributed by atoms with E-state index in [4.69, 9.17) is 9.52 Å². The number of fused-ring (bicyclic) bond motifs is 4. The molecule has 3 saturated heterocycles. The first-order valence-electron chi connectivity index (χ1n) is 8.95. The summed E-state index contributed by atoms with van der Waals surface area (Å²) in [7, 11) is 0. The average molecular weight is 304 g/mol. The smallest absolute Gasteiger partial charge is 0.129 e. The molecule has 4 heterocycles. The number of hydrogen-bond acceptors (Lipinski definition) is 4. The van der Waals surface area contributed by atoms with Gasteiger partial charge < -0.3 is 9.52 Å². The number of rotatable bonds is 5. The minimum Gasteiger partial charge on any atom is -0.462 e. The number of piperidine rings is 1. The van der Waals surface area contributed by atoms with Crippen LogP contribution < -0.4 is 0 Å². The topological polar surface area (TPSA) is 39.9 Å². The minimum atomic E-state index is 0.000413. The Morgan fingerprint density at radius 2 is 1.91 bits per heavy atom. The Morgan fingerprint density at radius 1 is 1.05 bits per heavy atom. The zero-order valence-corrected chi connectivity index (χ0v) is 13.4. The van der Waals surface area contributed by atoms with Crippen LogP contribution in [0.4, 0.5) is 0 Å². The van der Waals surface area contributed by atoms with Gasteiger partial charge in [-0.3, -0.25) is 9.80 Å². The number of aliphatic hydroxyl groups is 1. The molecule has 0 amide bonds. The van der Waals surface area contributed by atoms with Crippen LogP contribution in [0.25, 0.3) is 0 Å². The summed E-state index contributed by atoms with van der Waals surface area (Å²) in [5.41, 5.74) is 0.